The standard InChI is InChI=1S/C23H28FN3O3/c1-28-20-7-9-26(15-20)8-4-10-30-23-11-17-14-25-16-27(21(17)13-22(23)29-2)19-6-3-5-18(24)12-19/h3,5-6,11-14,20H,4,7-10,15-16H2,1-2H3/t20-/m0/s1. The van der Waals surface area contributed by atoms with Gasteiger partial charge in [0.2, 0.25) is 0 Å². The summed E-state index contributed by atoms with van der Waals surface area (Å²) in [6.07, 6.45) is 4.20. The summed E-state index contributed by atoms with van der Waals surface area (Å²) in [5.74, 6) is 1.08. The first-order valence-corrected chi connectivity index (χ1v) is 10.3. The number of rotatable bonds is 8. The van der Waals surface area contributed by atoms with Crippen LogP contribution in [0.4, 0.5) is 15.8 Å². The molecule has 0 unspecified atom stereocenters. The zero-order valence-corrected chi connectivity index (χ0v) is 17.5. The molecule has 7 heteroatoms. The molecule has 30 heavy (non-hydrogen) atoms. The van der Waals surface area contributed by atoms with Crippen molar-refractivity contribution in [3.63, 3.8) is 0 Å². The second-order valence-electron chi connectivity index (χ2n) is 7.57. The first kappa shape index (κ1) is 20.6. The van der Waals surface area contributed by atoms with Crippen molar-refractivity contribution in [2.45, 2.75) is 18.9 Å². The molecule has 0 aromatic heterocycles. The van der Waals surface area contributed by atoms with Crippen LogP contribution in [0.2, 0.25) is 0 Å². The molecule has 0 amide bonds. The third kappa shape index (κ3) is 4.57. The Labute approximate surface area is 176 Å². The van der Waals surface area contributed by atoms with E-state index in [2.05, 4.69) is 9.89 Å². The van der Waals surface area contributed by atoms with E-state index in [1.54, 1.807) is 20.3 Å². The number of hydrogen-bond donors (Lipinski definition) is 0. The molecular formula is C23H28FN3O3. The quantitative estimate of drug-likeness (QED) is 0.615. The Morgan fingerprint density at radius 3 is 2.83 bits per heavy atom. The lowest BCUT2D eigenvalue weighted by Gasteiger charge is -2.28. The summed E-state index contributed by atoms with van der Waals surface area (Å²) in [4.78, 5) is 8.80. The number of likely N-dealkylation sites (tertiary alicyclic amines) is 1. The van der Waals surface area contributed by atoms with E-state index < -0.39 is 0 Å². The largest absolute Gasteiger partial charge is 0.493 e. The van der Waals surface area contributed by atoms with Gasteiger partial charge < -0.3 is 24.0 Å². The van der Waals surface area contributed by atoms with Crippen LogP contribution in [-0.4, -0.2) is 64.3 Å². The minimum Gasteiger partial charge on any atom is -0.493 e. The van der Waals surface area contributed by atoms with Crippen molar-refractivity contribution in [1.82, 2.24) is 4.90 Å². The number of methoxy groups -OCH3 is 2. The van der Waals surface area contributed by atoms with Gasteiger partial charge in [-0.25, -0.2) is 4.39 Å². The number of ether oxygens (including phenoxy) is 3. The molecule has 4 rings (SSSR count). The molecule has 2 aliphatic heterocycles. The summed E-state index contributed by atoms with van der Waals surface area (Å²) in [7, 11) is 3.41. The Kier molecular flexibility index (Phi) is 6.50. The van der Waals surface area contributed by atoms with E-state index in [0.717, 1.165) is 49.4 Å². The maximum atomic E-state index is 13.7. The second-order valence-corrected chi connectivity index (χ2v) is 7.57. The average molecular weight is 413 g/mol. The Morgan fingerprint density at radius 1 is 1.17 bits per heavy atom. The predicted octanol–water partition coefficient (Wildman–Crippen LogP) is 3.85. The van der Waals surface area contributed by atoms with Gasteiger partial charge >= 0.3 is 0 Å². The molecule has 2 heterocycles. The number of hydrogen-bond acceptors (Lipinski definition) is 6. The van der Waals surface area contributed by atoms with Crippen LogP contribution in [0.15, 0.2) is 41.4 Å². The molecule has 6 nitrogen and oxygen atoms in total. The number of aliphatic imine (C=N–C) groups is 1. The fourth-order valence-corrected chi connectivity index (χ4v) is 4.00. The molecule has 2 aromatic rings. The number of fused-ring (bicyclic) bond motifs is 1. The van der Waals surface area contributed by atoms with Crippen molar-refractivity contribution >= 4 is 17.6 Å². The van der Waals surface area contributed by atoms with Gasteiger partial charge in [-0.15, -0.1) is 0 Å². The minimum absolute atomic E-state index is 0.273. The van der Waals surface area contributed by atoms with E-state index in [4.69, 9.17) is 14.2 Å². The summed E-state index contributed by atoms with van der Waals surface area (Å²) in [5, 5.41) is 0. The van der Waals surface area contributed by atoms with Crippen LogP contribution in [0.25, 0.3) is 0 Å². The van der Waals surface area contributed by atoms with Crippen LogP contribution >= 0.6 is 0 Å². The Morgan fingerprint density at radius 2 is 2.07 bits per heavy atom. The van der Waals surface area contributed by atoms with Crippen molar-refractivity contribution in [3.8, 4) is 11.5 Å². The summed E-state index contributed by atoms with van der Waals surface area (Å²) in [6.45, 7) is 4.09. The Balaban J connectivity index is 1.43. The molecule has 0 spiro atoms. The van der Waals surface area contributed by atoms with Crippen LogP contribution in [0.3, 0.4) is 0 Å². The van der Waals surface area contributed by atoms with E-state index in [0.29, 0.717) is 30.9 Å². The highest BCUT2D eigenvalue weighted by molar-refractivity contribution is 5.93. The van der Waals surface area contributed by atoms with Gasteiger partial charge in [-0.1, -0.05) is 6.07 Å². The molecule has 1 fully saturated rings. The molecule has 1 atom stereocenters. The molecule has 0 bridgehead atoms. The lowest BCUT2D eigenvalue weighted by Crippen LogP contribution is -2.25. The first-order chi connectivity index (χ1) is 14.7. The fourth-order valence-electron chi connectivity index (χ4n) is 4.00. The zero-order chi connectivity index (χ0) is 20.9. The van der Waals surface area contributed by atoms with Crippen LogP contribution in [0.5, 0.6) is 11.5 Å². The summed E-state index contributed by atoms with van der Waals surface area (Å²) >= 11 is 0. The van der Waals surface area contributed by atoms with Gasteiger partial charge in [-0.3, -0.25) is 4.99 Å². The first-order valence-electron chi connectivity index (χ1n) is 10.3. The topological polar surface area (TPSA) is 46.5 Å². The third-order valence-electron chi connectivity index (χ3n) is 5.62. The van der Waals surface area contributed by atoms with Crippen molar-refractivity contribution in [3.05, 3.63) is 47.8 Å². The van der Waals surface area contributed by atoms with Crippen molar-refractivity contribution in [2.75, 3.05) is 52.0 Å². The van der Waals surface area contributed by atoms with Crippen LogP contribution in [0, 0.1) is 5.82 Å². The highest BCUT2D eigenvalue weighted by Gasteiger charge is 2.22. The van der Waals surface area contributed by atoms with Gasteiger partial charge in [0.05, 0.1) is 25.5 Å². The molecule has 1 saturated heterocycles. The Bertz CT molecular complexity index is 905. The molecule has 0 radical (unpaired) electrons. The molecule has 2 aliphatic rings. The van der Waals surface area contributed by atoms with E-state index in [9.17, 15) is 4.39 Å². The Hall–Kier alpha value is -2.64. The van der Waals surface area contributed by atoms with Gasteiger partial charge in [0.1, 0.15) is 12.5 Å². The number of halogens is 1. The molecule has 160 valence electrons. The molecular weight excluding hydrogens is 385 g/mol. The van der Waals surface area contributed by atoms with Gasteiger partial charge in [0.25, 0.3) is 0 Å². The summed E-state index contributed by atoms with van der Waals surface area (Å²) in [5.41, 5.74) is 2.59. The molecule has 0 saturated carbocycles. The predicted molar refractivity (Wildman–Crippen MR) is 116 cm³/mol. The van der Waals surface area contributed by atoms with Crippen molar-refractivity contribution in [2.24, 2.45) is 4.99 Å². The van der Waals surface area contributed by atoms with Crippen molar-refractivity contribution in [1.29, 1.82) is 0 Å². The van der Waals surface area contributed by atoms with Crippen LogP contribution in [-0.2, 0) is 4.74 Å². The number of nitrogens with zero attached hydrogens (tertiary/aromatic N) is 3. The smallest absolute Gasteiger partial charge is 0.162 e. The maximum Gasteiger partial charge on any atom is 0.162 e. The highest BCUT2D eigenvalue weighted by Crippen LogP contribution is 2.39. The lowest BCUT2D eigenvalue weighted by atomic mass is 10.1. The summed E-state index contributed by atoms with van der Waals surface area (Å²) in [6, 6.07) is 10.4. The third-order valence-corrected chi connectivity index (χ3v) is 5.62. The SMILES string of the molecule is COc1cc2c(cc1OCCCN1CC[C@H](OC)C1)C=NCN2c1cccc(F)c1. The van der Waals surface area contributed by atoms with Crippen LogP contribution in [0.1, 0.15) is 18.4 Å². The van der Waals surface area contributed by atoms with Gasteiger partial charge in [-0.05, 0) is 37.1 Å². The van der Waals surface area contributed by atoms with Crippen molar-refractivity contribution < 1.29 is 18.6 Å². The molecule has 0 aliphatic carbocycles. The summed E-state index contributed by atoms with van der Waals surface area (Å²) < 4.78 is 30.8. The zero-order valence-electron chi connectivity index (χ0n) is 17.5. The fraction of sp³-hybridized carbons (Fsp3) is 0.435. The van der Waals surface area contributed by atoms with Crippen LogP contribution < -0.4 is 14.4 Å². The van der Waals surface area contributed by atoms with Gasteiger partial charge in [-0.2, -0.15) is 0 Å². The maximum absolute atomic E-state index is 13.7. The van der Waals surface area contributed by atoms with E-state index >= 15 is 0 Å². The number of anilines is 2. The van der Waals surface area contributed by atoms with E-state index in [1.807, 2.05) is 29.3 Å². The minimum atomic E-state index is -0.273. The van der Waals surface area contributed by atoms with Gasteiger partial charge in [0.15, 0.2) is 11.5 Å². The second kappa shape index (κ2) is 9.45. The highest BCUT2D eigenvalue weighted by atomic mass is 19.1. The monoisotopic (exact) mass is 413 g/mol. The van der Waals surface area contributed by atoms with Gasteiger partial charge in [0, 0.05) is 50.3 Å². The van der Waals surface area contributed by atoms with E-state index in [1.165, 1.54) is 12.1 Å². The molecule has 2 aromatic carbocycles. The number of benzene rings is 2. The van der Waals surface area contributed by atoms with E-state index in [-0.39, 0.29) is 5.82 Å². The average Bonchev–Trinajstić information content (AvgIpc) is 3.23. The normalized spacial score (nSPS) is 18.5. The lowest BCUT2D eigenvalue weighted by molar-refractivity contribution is 0.107. The molecule has 0 N–H and O–H groups in total.